The van der Waals surface area contributed by atoms with Gasteiger partial charge in [0.2, 0.25) is 0 Å². The molecule has 2 saturated heterocycles. The van der Waals surface area contributed by atoms with Crippen molar-refractivity contribution in [3.63, 3.8) is 0 Å². The summed E-state index contributed by atoms with van der Waals surface area (Å²) in [4.78, 5) is 0. The van der Waals surface area contributed by atoms with E-state index in [9.17, 15) is 0 Å². The first kappa shape index (κ1) is 25.3. The zero-order valence-electron chi connectivity index (χ0n) is 21.8. The molecule has 2 aliphatic heterocycles. The number of rotatable bonds is 12. The smallest absolute Gasteiger partial charge is 0.197 e. The normalized spacial score (nSPS) is 28.7. The zero-order valence-corrected chi connectivity index (χ0v) is 21.8. The molecule has 6 heteroatoms. The van der Waals surface area contributed by atoms with Crippen molar-refractivity contribution < 1.29 is 28.4 Å². The minimum atomic E-state index is -0.306. The van der Waals surface area contributed by atoms with Gasteiger partial charge in [-0.3, -0.25) is 0 Å². The van der Waals surface area contributed by atoms with Crippen LogP contribution in [0.15, 0.2) is 54.6 Å². The molecule has 2 aromatic rings. The Morgan fingerprint density at radius 2 is 1.31 bits per heavy atom. The summed E-state index contributed by atoms with van der Waals surface area (Å²) in [6, 6.07) is 16.8. The maximum atomic E-state index is 5.91. The van der Waals surface area contributed by atoms with Gasteiger partial charge in [0, 0.05) is 0 Å². The largest absolute Gasteiger partial charge is 0.465 e. The summed E-state index contributed by atoms with van der Waals surface area (Å²) in [5.74, 6) is 2.18. The molecule has 5 unspecified atom stereocenters. The van der Waals surface area contributed by atoms with Crippen molar-refractivity contribution in [3.05, 3.63) is 65.7 Å². The summed E-state index contributed by atoms with van der Waals surface area (Å²) in [7, 11) is 0. The first-order chi connectivity index (χ1) is 17.3. The van der Waals surface area contributed by atoms with Crippen LogP contribution >= 0.6 is 0 Å². The van der Waals surface area contributed by atoms with Crippen LogP contribution in [0.1, 0.15) is 64.0 Å². The number of epoxide rings is 2. The monoisotopic (exact) mass is 494 g/mol. The van der Waals surface area contributed by atoms with Crippen LogP contribution in [0.25, 0.3) is 5.57 Å². The molecule has 2 aromatic carbocycles. The molecular weight excluding hydrogens is 456 g/mol. The zero-order chi connectivity index (χ0) is 25.2. The topological polar surface area (TPSA) is 62.0 Å². The van der Waals surface area contributed by atoms with E-state index in [-0.39, 0.29) is 23.8 Å². The average Bonchev–Trinajstić information content (AvgIpc) is 3.81. The van der Waals surface area contributed by atoms with E-state index in [1.165, 1.54) is 16.7 Å². The molecule has 0 amide bonds. The number of allylic oxidation sites excluding steroid dienone is 2. The second-order valence-electron chi connectivity index (χ2n) is 10.8. The lowest BCUT2D eigenvalue weighted by atomic mass is 9.83. The number of hydrogen-bond acceptors (Lipinski definition) is 6. The highest BCUT2D eigenvalue weighted by molar-refractivity contribution is 5.67. The van der Waals surface area contributed by atoms with Crippen LogP contribution in [0.4, 0.5) is 0 Å². The molecular formula is C30H38O6. The third-order valence-corrected chi connectivity index (χ3v) is 7.11. The average molecular weight is 495 g/mol. The number of benzene rings is 2. The number of ether oxygens (including phenoxy) is 6. The second kappa shape index (κ2) is 10.5. The Bertz CT molecular complexity index is 1040. The molecule has 2 heterocycles. The fraction of sp³-hybridized carbons (Fsp3) is 0.533. The van der Waals surface area contributed by atoms with Crippen LogP contribution in [0.2, 0.25) is 0 Å². The molecule has 194 valence electrons. The lowest BCUT2D eigenvalue weighted by Crippen LogP contribution is -2.23. The summed E-state index contributed by atoms with van der Waals surface area (Å²) in [5.41, 5.74) is 3.77. The maximum Gasteiger partial charge on any atom is 0.197 e. The van der Waals surface area contributed by atoms with Crippen molar-refractivity contribution in [1.82, 2.24) is 0 Å². The highest BCUT2D eigenvalue weighted by Crippen LogP contribution is 2.37. The molecule has 1 aliphatic carbocycles. The fourth-order valence-corrected chi connectivity index (χ4v) is 4.42. The summed E-state index contributed by atoms with van der Waals surface area (Å²) >= 11 is 0. The lowest BCUT2D eigenvalue weighted by molar-refractivity contribution is -0.0813. The highest BCUT2D eigenvalue weighted by atomic mass is 16.7. The summed E-state index contributed by atoms with van der Waals surface area (Å²) in [5, 5.41) is 0. The second-order valence-corrected chi connectivity index (χ2v) is 10.8. The summed E-state index contributed by atoms with van der Waals surface area (Å²) < 4.78 is 34.0. The Hall–Kier alpha value is -2.38. The molecule has 0 radical (unpaired) electrons. The van der Waals surface area contributed by atoms with Gasteiger partial charge in [-0.25, -0.2) is 0 Å². The van der Waals surface area contributed by atoms with Gasteiger partial charge >= 0.3 is 0 Å². The molecule has 0 spiro atoms. The predicted molar refractivity (Wildman–Crippen MR) is 138 cm³/mol. The minimum Gasteiger partial charge on any atom is -0.465 e. The predicted octanol–water partition coefficient (Wildman–Crippen LogP) is 6.10. The lowest BCUT2D eigenvalue weighted by Gasteiger charge is -2.23. The van der Waals surface area contributed by atoms with E-state index in [0.29, 0.717) is 19.1 Å². The molecule has 5 atom stereocenters. The van der Waals surface area contributed by atoms with Gasteiger partial charge in [0.25, 0.3) is 0 Å². The van der Waals surface area contributed by atoms with Gasteiger partial charge in [0.15, 0.2) is 12.6 Å². The van der Waals surface area contributed by atoms with Crippen LogP contribution in [0, 0.1) is 0 Å². The van der Waals surface area contributed by atoms with Gasteiger partial charge in [-0.15, -0.1) is 0 Å². The molecule has 0 saturated carbocycles. The van der Waals surface area contributed by atoms with E-state index < -0.39 is 0 Å². The third-order valence-electron chi connectivity index (χ3n) is 7.11. The quantitative estimate of drug-likeness (QED) is 0.263. The van der Waals surface area contributed by atoms with Gasteiger partial charge < -0.3 is 28.4 Å². The van der Waals surface area contributed by atoms with Gasteiger partial charge in [0.1, 0.15) is 22.7 Å². The van der Waals surface area contributed by atoms with Crippen LogP contribution in [-0.4, -0.2) is 50.2 Å². The highest BCUT2D eigenvalue weighted by Gasteiger charge is 2.40. The summed E-state index contributed by atoms with van der Waals surface area (Å²) in [6.45, 7) is 10.6. The van der Waals surface area contributed by atoms with Crippen LogP contribution < -0.4 is 9.47 Å². The van der Waals surface area contributed by atoms with E-state index in [1.807, 2.05) is 52.0 Å². The van der Waals surface area contributed by atoms with Gasteiger partial charge in [-0.1, -0.05) is 30.3 Å². The van der Waals surface area contributed by atoms with E-state index >= 15 is 0 Å². The maximum absolute atomic E-state index is 5.91. The first-order valence-electron chi connectivity index (χ1n) is 13.0. The molecule has 36 heavy (non-hydrogen) atoms. The Labute approximate surface area is 214 Å². The van der Waals surface area contributed by atoms with Crippen molar-refractivity contribution in [2.45, 2.75) is 76.7 Å². The van der Waals surface area contributed by atoms with E-state index in [1.54, 1.807) is 0 Å². The minimum absolute atomic E-state index is 0.123. The molecule has 5 rings (SSSR count). The molecule has 2 fully saturated rings. The SMILES string of the molecule is CC(OCC1(C)CO1)Oc1ccc(C2=CCC(c3ccc(OC(C)OCC4(C)CO4)cc3)CC2)cc1. The van der Waals surface area contributed by atoms with Gasteiger partial charge in [0.05, 0.1) is 26.4 Å². The van der Waals surface area contributed by atoms with Crippen molar-refractivity contribution >= 4 is 5.57 Å². The Morgan fingerprint density at radius 1 is 0.806 bits per heavy atom. The molecule has 0 aromatic heterocycles. The molecule has 3 aliphatic rings. The van der Waals surface area contributed by atoms with Crippen LogP contribution in [0.5, 0.6) is 11.5 Å². The molecule has 0 N–H and O–H groups in total. The van der Waals surface area contributed by atoms with Crippen molar-refractivity contribution in [2.24, 2.45) is 0 Å². The van der Waals surface area contributed by atoms with E-state index in [2.05, 4.69) is 30.3 Å². The Kier molecular flexibility index (Phi) is 7.40. The Morgan fingerprint density at radius 3 is 1.75 bits per heavy atom. The number of hydrogen-bond donors (Lipinski definition) is 0. The van der Waals surface area contributed by atoms with E-state index in [4.69, 9.17) is 28.4 Å². The van der Waals surface area contributed by atoms with Crippen LogP contribution in [0.3, 0.4) is 0 Å². The standard InChI is InChI=1S/C30H38O6/c1-21(31-17-29(3)19-33-29)35-27-13-9-25(10-14-27)23-5-7-24(8-6-23)26-11-15-28(16-12-26)36-22(2)32-18-30(4)20-34-30/h5,9-16,21-22,24H,6-8,17-20H2,1-4H3. The van der Waals surface area contributed by atoms with Crippen molar-refractivity contribution in [2.75, 3.05) is 26.4 Å². The van der Waals surface area contributed by atoms with Gasteiger partial charge in [-0.2, -0.15) is 0 Å². The molecule has 0 bridgehead atoms. The van der Waals surface area contributed by atoms with E-state index in [0.717, 1.165) is 44.0 Å². The Balaban J connectivity index is 1.08. The fourth-order valence-electron chi connectivity index (χ4n) is 4.42. The summed E-state index contributed by atoms with van der Waals surface area (Å²) in [6.07, 6.45) is 5.01. The van der Waals surface area contributed by atoms with Gasteiger partial charge in [-0.05, 0) is 93.8 Å². The van der Waals surface area contributed by atoms with Crippen molar-refractivity contribution in [1.29, 1.82) is 0 Å². The molecule has 6 nitrogen and oxygen atoms in total. The van der Waals surface area contributed by atoms with Crippen molar-refractivity contribution in [3.8, 4) is 11.5 Å². The third kappa shape index (κ3) is 6.88. The van der Waals surface area contributed by atoms with Crippen LogP contribution in [-0.2, 0) is 18.9 Å². The first-order valence-corrected chi connectivity index (χ1v) is 13.0.